The molecule has 0 fully saturated rings. The summed E-state index contributed by atoms with van der Waals surface area (Å²) in [6.45, 7) is 0.0787. The van der Waals surface area contributed by atoms with Gasteiger partial charge in [-0.15, -0.1) is 0 Å². The SMILES string of the molecule is Nc1ccc(C(=O)O)nc1Oc1ccc(CCO)cc1. The van der Waals surface area contributed by atoms with Crippen molar-refractivity contribution in [2.45, 2.75) is 6.42 Å². The molecule has 0 amide bonds. The zero-order valence-corrected chi connectivity index (χ0v) is 10.6. The lowest BCUT2D eigenvalue weighted by Crippen LogP contribution is -2.03. The monoisotopic (exact) mass is 274 g/mol. The van der Waals surface area contributed by atoms with Gasteiger partial charge in [0.15, 0.2) is 5.69 Å². The number of anilines is 1. The minimum absolute atomic E-state index is 0.0554. The van der Waals surface area contributed by atoms with Crippen molar-refractivity contribution in [2.24, 2.45) is 0 Å². The molecule has 6 heteroatoms. The van der Waals surface area contributed by atoms with Crippen LogP contribution in [0.5, 0.6) is 11.6 Å². The highest BCUT2D eigenvalue weighted by Crippen LogP contribution is 2.25. The molecule has 1 aromatic heterocycles. The Morgan fingerprint density at radius 3 is 2.50 bits per heavy atom. The fourth-order valence-electron chi connectivity index (χ4n) is 1.62. The van der Waals surface area contributed by atoms with E-state index in [1.807, 2.05) is 12.1 Å². The van der Waals surface area contributed by atoms with E-state index < -0.39 is 5.97 Å². The lowest BCUT2D eigenvalue weighted by Gasteiger charge is -2.08. The molecule has 0 unspecified atom stereocenters. The Morgan fingerprint density at radius 1 is 1.20 bits per heavy atom. The Hall–Kier alpha value is -2.60. The van der Waals surface area contributed by atoms with Crippen molar-refractivity contribution in [1.29, 1.82) is 0 Å². The molecule has 20 heavy (non-hydrogen) atoms. The zero-order valence-electron chi connectivity index (χ0n) is 10.6. The van der Waals surface area contributed by atoms with Gasteiger partial charge in [-0.25, -0.2) is 9.78 Å². The van der Waals surface area contributed by atoms with E-state index in [2.05, 4.69) is 4.98 Å². The van der Waals surface area contributed by atoms with E-state index in [0.29, 0.717) is 12.2 Å². The molecule has 4 N–H and O–H groups in total. The highest BCUT2D eigenvalue weighted by Gasteiger charge is 2.10. The number of carboxylic acid groups (broad SMARTS) is 1. The maximum atomic E-state index is 10.9. The largest absolute Gasteiger partial charge is 0.477 e. The van der Waals surface area contributed by atoms with E-state index in [-0.39, 0.29) is 23.9 Å². The average Bonchev–Trinajstić information content (AvgIpc) is 2.43. The van der Waals surface area contributed by atoms with E-state index in [1.54, 1.807) is 12.1 Å². The quantitative estimate of drug-likeness (QED) is 0.766. The second kappa shape index (κ2) is 6.03. The van der Waals surface area contributed by atoms with Gasteiger partial charge in [-0.3, -0.25) is 0 Å². The first-order chi connectivity index (χ1) is 9.60. The number of carbonyl (C=O) groups is 1. The average molecular weight is 274 g/mol. The highest BCUT2D eigenvalue weighted by molar-refractivity contribution is 5.86. The van der Waals surface area contributed by atoms with Crippen molar-refractivity contribution in [3.63, 3.8) is 0 Å². The van der Waals surface area contributed by atoms with Crippen molar-refractivity contribution >= 4 is 11.7 Å². The summed E-state index contributed by atoms with van der Waals surface area (Å²) in [5.74, 6) is -0.596. The third-order valence-electron chi connectivity index (χ3n) is 2.65. The first-order valence-electron chi connectivity index (χ1n) is 5.97. The van der Waals surface area contributed by atoms with Gasteiger partial charge >= 0.3 is 5.97 Å². The second-order valence-electron chi connectivity index (χ2n) is 4.12. The minimum atomic E-state index is -1.15. The molecule has 0 radical (unpaired) electrons. The van der Waals surface area contributed by atoms with Gasteiger partial charge in [-0.05, 0) is 36.2 Å². The van der Waals surface area contributed by atoms with Gasteiger partial charge in [0.25, 0.3) is 0 Å². The standard InChI is InChI=1S/C14H14N2O4/c15-11-5-6-12(14(18)19)16-13(11)20-10-3-1-9(2-4-10)7-8-17/h1-6,17H,7-8,15H2,(H,18,19). The number of rotatable bonds is 5. The predicted molar refractivity (Wildman–Crippen MR) is 72.9 cm³/mol. The van der Waals surface area contributed by atoms with Crippen LogP contribution in [0, 0.1) is 0 Å². The summed E-state index contributed by atoms with van der Waals surface area (Å²) >= 11 is 0. The van der Waals surface area contributed by atoms with Crippen LogP contribution in [0.25, 0.3) is 0 Å². The van der Waals surface area contributed by atoms with Gasteiger partial charge in [-0.1, -0.05) is 12.1 Å². The number of nitrogen functional groups attached to an aromatic ring is 1. The number of aromatic carboxylic acids is 1. The van der Waals surface area contributed by atoms with Crippen molar-refractivity contribution in [2.75, 3.05) is 12.3 Å². The Labute approximate surface area is 115 Å². The molecule has 0 saturated heterocycles. The Balaban J connectivity index is 2.20. The van der Waals surface area contributed by atoms with Crippen LogP contribution < -0.4 is 10.5 Å². The maximum absolute atomic E-state index is 10.9. The number of ether oxygens (including phenoxy) is 1. The first-order valence-corrected chi connectivity index (χ1v) is 5.97. The molecule has 0 saturated carbocycles. The predicted octanol–water partition coefficient (Wildman–Crippen LogP) is 1.69. The van der Waals surface area contributed by atoms with E-state index in [9.17, 15) is 4.79 Å². The van der Waals surface area contributed by atoms with Gasteiger partial charge < -0.3 is 20.7 Å². The van der Waals surface area contributed by atoms with E-state index in [4.69, 9.17) is 20.7 Å². The van der Waals surface area contributed by atoms with Crippen LogP contribution in [0.1, 0.15) is 16.1 Å². The summed E-state index contributed by atoms with van der Waals surface area (Å²) in [6, 6.07) is 9.78. The number of aliphatic hydroxyl groups is 1. The third kappa shape index (κ3) is 3.24. The number of nitrogens with zero attached hydrogens (tertiary/aromatic N) is 1. The Morgan fingerprint density at radius 2 is 1.90 bits per heavy atom. The third-order valence-corrected chi connectivity index (χ3v) is 2.65. The van der Waals surface area contributed by atoms with Gasteiger partial charge in [0.2, 0.25) is 5.88 Å². The van der Waals surface area contributed by atoms with E-state index in [0.717, 1.165) is 5.56 Å². The smallest absolute Gasteiger partial charge is 0.354 e. The molecule has 0 atom stereocenters. The summed E-state index contributed by atoms with van der Waals surface area (Å²) in [4.78, 5) is 14.7. The topological polar surface area (TPSA) is 106 Å². The molecule has 0 aliphatic heterocycles. The number of carboxylic acids is 1. The fourth-order valence-corrected chi connectivity index (χ4v) is 1.62. The number of benzene rings is 1. The van der Waals surface area contributed by atoms with Gasteiger partial charge in [0, 0.05) is 6.61 Å². The van der Waals surface area contributed by atoms with Crippen LogP contribution in [0.3, 0.4) is 0 Å². The minimum Gasteiger partial charge on any atom is -0.477 e. The van der Waals surface area contributed by atoms with Crippen molar-refractivity contribution in [1.82, 2.24) is 4.98 Å². The van der Waals surface area contributed by atoms with Gasteiger partial charge in [0.1, 0.15) is 5.75 Å². The number of aromatic nitrogens is 1. The second-order valence-corrected chi connectivity index (χ2v) is 4.12. The van der Waals surface area contributed by atoms with Crippen molar-refractivity contribution in [3.05, 3.63) is 47.7 Å². The first kappa shape index (κ1) is 13.8. The fraction of sp³-hybridized carbons (Fsp3) is 0.143. The molecular formula is C14H14N2O4. The number of hydrogen-bond acceptors (Lipinski definition) is 5. The molecule has 6 nitrogen and oxygen atoms in total. The van der Waals surface area contributed by atoms with Crippen molar-refractivity contribution in [3.8, 4) is 11.6 Å². The van der Waals surface area contributed by atoms with Crippen molar-refractivity contribution < 1.29 is 19.7 Å². The molecule has 0 spiro atoms. The number of aliphatic hydroxyl groups excluding tert-OH is 1. The number of hydrogen-bond donors (Lipinski definition) is 3. The van der Waals surface area contributed by atoms with Crippen LogP contribution in [0.15, 0.2) is 36.4 Å². The molecule has 1 aromatic carbocycles. The number of pyridine rings is 1. The van der Waals surface area contributed by atoms with Gasteiger partial charge in [-0.2, -0.15) is 0 Å². The maximum Gasteiger partial charge on any atom is 0.354 e. The molecule has 104 valence electrons. The normalized spacial score (nSPS) is 10.2. The molecule has 2 rings (SSSR count). The summed E-state index contributed by atoms with van der Waals surface area (Å²) in [5, 5.41) is 17.7. The van der Waals surface area contributed by atoms with Gasteiger partial charge in [0.05, 0.1) is 5.69 Å². The molecule has 2 aromatic rings. The molecule has 0 bridgehead atoms. The number of nitrogens with two attached hydrogens (primary N) is 1. The van der Waals surface area contributed by atoms with Crippen LogP contribution >= 0.6 is 0 Å². The zero-order chi connectivity index (χ0) is 14.5. The van der Waals surface area contributed by atoms with E-state index in [1.165, 1.54) is 12.1 Å². The highest BCUT2D eigenvalue weighted by atomic mass is 16.5. The lowest BCUT2D eigenvalue weighted by molar-refractivity contribution is 0.0689. The Kier molecular flexibility index (Phi) is 4.17. The summed E-state index contributed by atoms with van der Waals surface area (Å²) in [7, 11) is 0. The summed E-state index contributed by atoms with van der Waals surface area (Å²) in [6.07, 6.45) is 0.565. The van der Waals surface area contributed by atoms with Crippen LogP contribution in [0.4, 0.5) is 5.69 Å². The lowest BCUT2D eigenvalue weighted by atomic mass is 10.1. The van der Waals surface area contributed by atoms with Crippen LogP contribution in [0.2, 0.25) is 0 Å². The summed E-state index contributed by atoms with van der Waals surface area (Å²) in [5.41, 5.74) is 6.80. The molecule has 1 heterocycles. The molecular weight excluding hydrogens is 260 g/mol. The van der Waals surface area contributed by atoms with E-state index >= 15 is 0 Å². The molecule has 0 aliphatic carbocycles. The van der Waals surface area contributed by atoms with Crippen LogP contribution in [-0.2, 0) is 6.42 Å². The molecule has 0 aliphatic rings. The van der Waals surface area contributed by atoms with Crippen LogP contribution in [-0.4, -0.2) is 27.8 Å². The Bertz CT molecular complexity index is 611. The summed E-state index contributed by atoms with van der Waals surface area (Å²) < 4.78 is 5.47.